The van der Waals surface area contributed by atoms with Crippen molar-refractivity contribution in [2.45, 2.75) is 6.92 Å². The van der Waals surface area contributed by atoms with Crippen LogP contribution in [0.25, 0.3) is 5.69 Å². The Morgan fingerprint density at radius 1 is 1.53 bits per heavy atom. The molecule has 0 unspecified atom stereocenters. The van der Waals surface area contributed by atoms with Crippen molar-refractivity contribution in [2.75, 3.05) is 5.73 Å². The van der Waals surface area contributed by atoms with Crippen molar-refractivity contribution in [2.24, 2.45) is 0 Å². The first-order valence-electron chi connectivity index (χ1n) is 4.29. The zero-order valence-corrected chi connectivity index (χ0v) is 10.4. The molecule has 3 N–H and O–H groups in total. The zero-order valence-electron chi connectivity index (χ0n) is 7.99. The highest BCUT2D eigenvalue weighted by Crippen LogP contribution is 2.24. The Morgan fingerprint density at radius 3 is 2.80 bits per heavy atom. The number of nitrogen functional groups attached to an aromatic ring is 1. The van der Waals surface area contributed by atoms with E-state index in [9.17, 15) is 0 Å². The van der Waals surface area contributed by atoms with Crippen molar-refractivity contribution in [1.29, 1.82) is 0 Å². The maximum Gasteiger partial charge on any atom is 0.225 e. The van der Waals surface area contributed by atoms with E-state index in [1.807, 2.05) is 25.1 Å². The van der Waals surface area contributed by atoms with E-state index in [0.717, 1.165) is 10.2 Å². The molecule has 0 aliphatic carbocycles. The first-order valence-corrected chi connectivity index (χ1v) is 5.49. The molecular weight excluding hydrogens is 276 g/mol. The first kappa shape index (κ1) is 10.4. The highest BCUT2D eigenvalue weighted by atomic mass is 79.9. The Morgan fingerprint density at radius 2 is 2.27 bits per heavy atom. The van der Waals surface area contributed by atoms with Gasteiger partial charge in [0.05, 0.1) is 5.69 Å². The number of halogens is 1. The van der Waals surface area contributed by atoms with Crippen LogP contribution in [0.15, 0.2) is 22.7 Å². The normalized spacial score (nSPS) is 10.5. The van der Waals surface area contributed by atoms with E-state index >= 15 is 0 Å². The largest absolute Gasteiger partial charge is 0.368 e. The van der Waals surface area contributed by atoms with Crippen LogP contribution in [0.1, 0.15) is 5.56 Å². The standard InChI is InChI=1S/C9H9BrN4S/c1-5-2-3-7(6(10)4-5)14-8(11)12-13-9(14)15/h2-4H,1H3,(H2,11,12)(H,13,15). The highest BCUT2D eigenvalue weighted by molar-refractivity contribution is 9.10. The second-order valence-corrected chi connectivity index (χ2v) is 4.42. The topological polar surface area (TPSA) is 59.6 Å². The Hall–Kier alpha value is -1.14. The summed E-state index contributed by atoms with van der Waals surface area (Å²) in [4.78, 5) is 0. The molecule has 1 heterocycles. The predicted molar refractivity (Wildman–Crippen MR) is 65.6 cm³/mol. The minimum atomic E-state index is 0.351. The Bertz CT molecular complexity index is 557. The Balaban J connectivity index is 2.69. The second kappa shape index (κ2) is 3.79. The number of nitrogens with zero attached hydrogens (tertiary/aromatic N) is 2. The van der Waals surface area contributed by atoms with Crippen LogP contribution in [0.4, 0.5) is 5.95 Å². The number of hydrogen-bond donors (Lipinski definition) is 2. The van der Waals surface area contributed by atoms with Gasteiger partial charge in [-0.2, -0.15) is 0 Å². The molecule has 15 heavy (non-hydrogen) atoms. The third-order valence-electron chi connectivity index (χ3n) is 2.04. The van der Waals surface area contributed by atoms with Gasteiger partial charge in [-0.3, -0.25) is 4.57 Å². The summed E-state index contributed by atoms with van der Waals surface area (Å²) in [5.74, 6) is 0.351. The summed E-state index contributed by atoms with van der Waals surface area (Å²) in [6, 6.07) is 5.94. The second-order valence-electron chi connectivity index (χ2n) is 3.18. The van der Waals surface area contributed by atoms with Crippen molar-refractivity contribution in [3.05, 3.63) is 33.0 Å². The van der Waals surface area contributed by atoms with Gasteiger partial charge in [-0.15, -0.1) is 5.10 Å². The molecule has 0 amide bonds. The third kappa shape index (κ3) is 1.82. The summed E-state index contributed by atoms with van der Waals surface area (Å²) >= 11 is 8.56. The Kier molecular flexibility index (Phi) is 2.62. The number of hydrogen-bond acceptors (Lipinski definition) is 3. The number of aromatic amines is 1. The molecule has 2 aromatic rings. The molecule has 0 saturated heterocycles. The SMILES string of the molecule is Cc1ccc(-n2c(N)n[nH]c2=S)c(Br)c1. The molecule has 1 aromatic heterocycles. The van der Waals surface area contributed by atoms with Gasteiger partial charge in [0.15, 0.2) is 0 Å². The molecule has 1 aromatic carbocycles. The van der Waals surface area contributed by atoms with Gasteiger partial charge in [0.2, 0.25) is 10.7 Å². The van der Waals surface area contributed by atoms with Gasteiger partial charge in [0, 0.05) is 4.47 Å². The summed E-state index contributed by atoms with van der Waals surface area (Å²) in [6.45, 7) is 2.02. The van der Waals surface area contributed by atoms with Crippen molar-refractivity contribution in [3.63, 3.8) is 0 Å². The number of nitrogens with two attached hydrogens (primary N) is 1. The number of H-pyrrole nitrogens is 1. The maximum atomic E-state index is 5.71. The third-order valence-corrected chi connectivity index (χ3v) is 2.95. The predicted octanol–water partition coefficient (Wildman–Crippen LogP) is 2.58. The number of aromatic nitrogens is 3. The molecule has 6 heteroatoms. The first-order chi connectivity index (χ1) is 7.09. The number of benzene rings is 1. The quantitative estimate of drug-likeness (QED) is 0.792. The minimum Gasteiger partial charge on any atom is -0.368 e. The van der Waals surface area contributed by atoms with Gasteiger partial charge < -0.3 is 5.73 Å². The molecule has 0 atom stereocenters. The van der Waals surface area contributed by atoms with Gasteiger partial charge in [-0.25, -0.2) is 5.10 Å². The average Bonchev–Trinajstić information content (AvgIpc) is 2.48. The van der Waals surface area contributed by atoms with E-state index in [0.29, 0.717) is 10.7 Å². The van der Waals surface area contributed by atoms with Gasteiger partial charge in [-0.05, 0) is 52.8 Å². The molecular formula is C9H9BrN4S. The summed E-state index contributed by atoms with van der Waals surface area (Å²) in [5, 5.41) is 6.51. The maximum absolute atomic E-state index is 5.71. The fraction of sp³-hybridized carbons (Fsp3) is 0.111. The van der Waals surface area contributed by atoms with Crippen molar-refractivity contribution < 1.29 is 0 Å². The van der Waals surface area contributed by atoms with E-state index in [-0.39, 0.29) is 0 Å². The lowest BCUT2D eigenvalue weighted by Crippen LogP contribution is -2.01. The number of nitrogens with one attached hydrogen (secondary N) is 1. The average molecular weight is 285 g/mol. The molecule has 4 nitrogen and oxygen atoms in total. The molecule has 0 aliphatic heterocycles. The fourth-order valence-corrected chi connectivity index (χ4v) is 2.24. The summed E-state index contributed by atoms with van der Waals surface area (Å²) in [6.07, 6.45) is 0. The van der Waals surface area contributed by atoms with Crippen LogP contribution in [-0.2, 0) is 0 Å². The van der Waals surface area contributed by atoms with E-state index in [4.69, 9.17) is 18.0 Å². The summed E-state index contributed by atoms with van der Waals surface area (Å²) in [5.41, 5.74) is 7.77. The Labute approximate surface area is 100 Å². The monoisotopic (exact) mass is 284 g/mol. The van der Waals surface area contributed by atoms with Gasteiger partial charge in [-0.1, -0.05) is 6.07 Å². The van der Waals surface area contributed by atoms with Gasteiger partial charge in [0.1, 0.15) is 0 Å². The molecule has 0 bridgehead atoms. The van der Waals surface area contributed by atoms with Crippen molar-refractivity contribution in [1.82, 2.24) is 14.8 Å². The molecule has 78 valence electrons. The summed E-state index contributed by atoms with van der Waals surface area (Å²) < 4.78 is 3.10. The van der Waals surface area contributed by atoms with Crippen molar-refractivity contribution in [3.8, 4) is 5.69 Å². The molecule has 0 fully saturated rings. The summed E-state index contributed by atoms with van der Waals surface area (Å²) in [7, 11) is 0. The van der Waals surface area contributed by atoms with Crippen LogP contribution >= 0.6 is 28.1 Å². The van der Waals surface area contributed by atoms with Crippen LogP contribution < -0.4 is 5.73 Å². The fourth-order valence-electron chi connectivity index (χ4n) is 1.34. The van der Waals surface area contributed by atoms with Crippen LogP contribution in [-0.4, -0.2) is 14.8 Å². The lowest BCUT2D eigenvalue weighted by molar-refractivity contribution is 1.03. The molecule has 0 spiro atoms. The minimum absolute atomic E-state index is 0.351. The van der Waals surface area contributed by atoms with E-state index in [1.165, 1.54) is 5.56 Å². The van der Waals surface area contributed by atoms with Crippen LogP contribution in [0, 0.1) is 11.7 Å². The van der Waals surface area contributed by atoms with Crippen LogP contribution in [0.2, 0.25) is 0 Å². The zero-order chi connectivity index (χ0) is 11.0. The van der Waals surface area contributed by atoms with E-state index in [2.05, 4.69) is 26.1 Å². The van der Waals surface area contributed by atoms with Crippen LogP contribution in [0.3, 0.4) is 0 Å². The highest BCUT2D eigenvalue weighted by Gasteiger charge is 2.07. The molecule has 0 aliphatic rings. The van der Waals surface area contributed by atoms with Crippen molar-refractivity contribution >= 4 is 34.1 Å². The lowest BCUT2D eigenvalue weighted by atomic mass is 10.2. The molecule has 2 rings (SSSR count). The van der Waals surface area contributed by atoms with Gasteiger partial charge >= 0.3 is 0 Å². The number of aryl methyl sites for hydroxylation is 1. The molecule has 0 radical (unpaired) electrons. The van der Waals surface area contributed by atoms with E-state index in [1.54, 1.807) is 4.57 Å². The van der Waals surface area contributed by atoms with E-state index < -0.39 is 0 Å². The van der Waals surface area contributed by atoms with Gasteiger partial charge in [0.25, 0.3) is 0 Å². The smallest absolute Gasteiger partial charge is 0.225 e. The number of anilines is 1. The lowest BCUT2D eigenvalue weighted by Gasteiger charge is -2.06. The number of rotatable bonds is 1. The molecule has 0 saturated carbocycles. The van der Waals surface area contributed by atoms with Crippen LogP contribution in [0.5, 0.6) is 0 Å².